The third kappa shape index (κ3) is 3.97. The molecule has 1 fully saturated rings. The molecule has 14 heavy (non-hydrogen) atoms. The summed E-state index contributed by atoms with van der Waals surface area (Å²) in [5, 5.41) is 8.90. The Morgan fingerprint density at radius 1 is 1.21 bits per heavy atom. The second-order valence-electron chi connectivity index (χ2n) is 4.74. The second-order valence-corrected chi connectivity index (χ2v) is 4.74. The van der Waals surface area contributed by atoms with Gasteiger partial charge < -0.3 is 10.0 Å². The van der Waals surface area contributed by atoms with Gasteiger partial charge in [0.15, 0.2) is 0 Å². The molecule has 0 saturated heterocycles. The van der Waals surface area contributed by atoms with Crippen LogP contribution in [0.3, 0.4) is 0 Å². The number of hydrogen-bond donors (Lipinski definition) is 1. The molecule has 2 heteroatoms. The van der Waals surface area contributed by atoms with Crippen molar-refractivity contribution < 1.29 is 5.11 Å². The largest absolute Gasteiger partial charge is 0.395 e. The fourth-order valence-corrected chi connectivity index (χ4v) is 2.40. The van der Waals surface area contributed by atoms with Crippen LogP contribution < -0.4 is 0 Å². The third-order valence-electron chi connectivity index (χ3n) is 3.52. The SMILES string of the molecule is CCN(CCO)CC1CCC(C)CC1. The third-order valence-corrected chi connectivity index (χ3v) is 3.52. The van der Waals surface area contributed by atoms with E-state index in [4.69, 9.17) is 5.11 Å². The van der Waals surface area contributed by atoms with Crippen molar-refractivity contribution in [2.45, 2.75) is 39.5 Å². The molecule has 1 saturated carbocycles. The predicted molar refractivity (Wildman–Crippen MR) is 60.3 cm³/mol. The summed E-state index contributed by atoms with van der Waals surface area (Å²) in [4.78, 5) is 2.38. The molecule has 0 heterocycles. The van der Waals surface area contributed by atoms with Crippen LogP contribution in [0.4, 0.5) is 0 Å². The van der Waals surface area contributed by atoms with E-state index in [0.717, 1.165) is 24.9 Å². The average Bonchev–Trinajstić information content (AvgIpc) is 2.20. The van der Waals surface area contributed by atoms with Crippen molar-refractivity contribution in [3.8, 4) is 0 Å². The van der Waals surface area contributed by atoms with Gasteiger partial charge in [-0.1, -0.05) is 26.7 Å². The summed E-state index contributed by atoms with van der Waals surface area (Å²) >= 11 is 0. The van der Waals surface area contributed by atoms with E-state index in [-0.39, 0.29) is 0 Å². The molecule has 0 amide bonds. The molecule has 0 radical (unpaired) electrons. The smallest absolute Gasteiger partial charge is 0.0558 e. The van der Waals surface area contributed by atoms with Crippen LogP contribution in [-0.4, -0.2) is 36.2 Å². The van der Waals surface area contributed by atoms with Crippen molar-refractivity contribution in [3.05, 3.63) is 0 Å². The molecule has 0 aliphatic heterocycles. The van der Waals surface area contributed by atoms with Crippen molar-refractivity contribution in [3.63, 3.8) is 0 Å². The molecule has 84 valence electrons. The molecule has 0 aromatic heterocycles. The average molecular weight is 199 g/mol. The van der Waals surface area contributed by atoms with Crippen molar-refractivity contribution in [2.24, 2.45) is 11.8 Å². The molecule has 2 nitrogen and oxygen atoms in total. The van der Waals surface area contributed by atoms with Gasteiger partial charge in [-0.3, -0.25) is 0 Å². The fraction of sp³-hybridized carbons (Fsp3) is 1.00. The van der Waals surface area contributed by atoms with Crippen LogP contribution in [0, 0.1) is 11.8 Å². The topological polar surface area (TPSA) is 23.5 Å². The number of likely N-dealkylation sites (N-methyl/N-ethyl adjacent to an activating group) is 1. The molecule has 0 aromatic rings. The zero-order chi connectivity index (χ0) is 10.4. The van der Waals surface area contributed by atoms with Crippen LogP contribution in [-0.2, 0) is 0 Å². The van der Waals surface area contributed by atoms with Crippen LogP contribution in [0.5, 0.6) is 0 Å². The Morgan fingerprint density at radius 3 is 2.36 bits per heavy atom. The Hall–Kier alpha value is -0.0800. The van der Waals surface area contributed by atoms with E-state index in [1.165, 1.54) is 32.2 Å². The quantitative estimate of drug-likeness (QED) is 0.733. The summed E-state index contributed by atoms with van der Waals surface area (Å²) in [5.74, 6) is 1.83. The highest BCUT2D eigenvalue weighted by atomic mass is 16.3. The lowest BCUT2D eigenvalue weighted by atomic mass is 9.83. The van der Waals surface area contributed by atoms with Gasteiger partial charge >= 0.3 is 0 Å². The van der Waals surface area contributed by atoms with Crippen molar-refractivity contribution >= 4 is 0 Å². The number of aliphatic hydroxyl groups excluding tert-OH is 1. The number of aliphatic hydroxyl groups is 1. The molecule has 1 aliphatic rings. The molecular weight excluding hydrogens is 174 g/mol. The monoisotopic (exact) mass is 199 g/mol. The minimum Gasteiger partial charge on any atom is -0.395 e. The first-order valence-electron chi connectivity index (χ1n) is 6.09. The zero-order valence-corrected chi connectivity index (χ0v) is 9.71. The van der Waals surface area contributed by atoms with Crippen molar-refractivity contribution in [2.75, 3.05) is 26.2 Å². The molecule has 1 rings (SSSR count). The van der Waals surface area contributed by atoms with Crippen LogP contribution in [0.25, 0.3) is 0 Å². The van der Waals surface area contributed by atoms with Crippen LogP contribution in [0.15, 0.2) is 0 Å². The molecule has 0 spiro atoms. The molecule has 0 atom stereocenters. The molecule has 0 unspecified atom stereocenters. The Morgan fingerprint density at radius 2 is 1.86 bits per heavy atom. The number of nitrogens with zero attached hydrogens (tertiary/aromatic N) is 1. The standard InChI is InChI=1S/C12H25NO/c1-3-13(8-9-14)10-12-6-4-11(2)5-7-12/h11-12,14H,3-10H2,1-2H3. The predicted octanol–water partition coefficient (Wildman–Crippen LogP) is 2.13. The number of hydrogen-bond acceptors (Lipinski definition) is 2. The summed E-state index contributed by atoms with van der Waals surface area (Å²) < 4.78 is 0. The fourth-order valence-electron chi connectivity index (χ4n) is 2.40. The first-order valence-corrected chi connectivity index (χ1v) is 6.09. The summed E-state index contributed by atoms with van der Waals surface area (Å²) in [6.07, 6.45) is 5.59. The van der Waals surface area contributed by atoms with Gasteiger partial charge in [0.2, 0.25) is 0 Å². The lowest BCUT2D eigenvalue weighted by Crippen LogP contribution is -2.33. The van der Waals surface area contributed by atoms with Gasteiger partial charge in [0, 0.05) is 13.1 Å². The Balaban J connectivity index is 2.21. The van der Waals surface area contributed by atoms with Gasteiger partial charge in [-0.25, -0.2) is 0 Å². The van der Waals surface area contributed by atoms with Crippen molar-refractivity contribution in [1.29, 1.82) is 0 Å². The molecular formula is C12H25NO. The highest BCUT2D eigenvalue weighted by Crippen LogP contribution is 2.28. The minimum absolute atomic E-state index is 0.303. The first-order chi connectivity index (χ1) is 6.76. The normalized spacial score (nSPS) is 28.3. The Bertz CT molecular complexity index is 141. The van der Waals surface area contributed by atoms with E-state index in [0.29, 0.717) is 6.61 Å². The molecule has 0 aromatic carbocycles. The van der Waals surface area contributed by atoms with Gasteiger partial charge in [-0.15, -0.1) is 0 Å². The zero-order valence-electron chi connectivity index (χ0n) is 9.71. The van der Waals surface area contributed by atoms with Gasteiger partial charge in [0.1, 0.15) is 0 Å². The van der Waals surface area contributed by atoms with E-state index in [1.807, 2.05) is 0 Å². The summed E-state index contributed by atoms with van der Waals surface area (Å²) in [6.45, 7) is 7.97. The van der Waals surface area contributed by atoms with E-state index in [1.54, 1.807) is 0 Å². The summed E-state index contributed by atoms with van der Waals surface area (Å²) in [6, 6.07) is 0. The lowest BCUT2D eigenvalue weighted by molar-refractivity contribution is 0.157. The van der Waals surface area contributed by atoms with Crippen LogP contribution in [0.1, 0.15) is 39.5 Å². The van der Waals surface area contributed by atoms with Crippen LogP contribution in [0.2, 0.25) is 0 Å². The molecule has 0 bridgehead atoms. The van der Waals surface area contributed by atoms with Gasteiger partial charge in [-0.05, 0) is 31.2 Å². The van der Waals surface area contributed by atoms with E-state index in [2.05, 4.69) is 18.7 Å². The Kier molecular flexibility index (Phi) is 5.49. The van der Waals surface area contributed by atoms with Gasteiger partial charge in [-0.2, -0.15) is 0 Å². The lowest BCUT2D eigenvalue weighted by Gasteiger charge is -2.30. The molecule has 1 aliphatic carbocycles. The van der Waals surface area contributed by atoms with E-state index in [9.17, 15) is 0 Å². The highest BCUT2D eigenvalue weighted by molar-refractivity contribution is 4.73. The van der Waals surface area contributed by atoms with Crippen LogP contribution >= 0.6 is 0 Å². The maximum Gasteiger partial charge on any atom is 0.0558 e. The second kappa shape index (κ2) is 6.41. The summed E-state index contributed by atoms with van der Waals surface area (Å²) in [7, 11) is 0. The molecule has 1 N–H and O–H groups in total. The highest BCUT2D eigenvalue weighted by Gasteiger charge is 2.19. The minimum atomic E-state index is 0.303. The first kappa shape index (κ1) is 12.0. The number of rotatable bonds is 5. The maximum atomic E-state index is 8.90. The Labute approximate surface area is 88.3 Å². The van der Waals surface area contributed by atoms with Gasteiger partial charge in [0.05, 0.1) is 6.61 Å². The van der Waals surface area contributed by atoms with Gasteiger partial charge in [0.25, 0.3) is 0 Å². The van der Waals surface area contributed by atoms with E-state index >= 15 is 0 Å². The van der Waals surface area contributed by atoms with E-state index < -0.39 is 0 Å². The maximum absolute atomic E-state index is 8.90. The summed E-state index contributed by atoms with van der Waals surface area (Å²) in [5.41, 5.74) is 0. The van der Waals surface area contributed by atoms with Crippen molar-refractivity contribution in [1.82, 2.24) is 4.90 Å².